The number of piperazine rings is 1. The molecule has 1 aliphatic carbocycles. The van der Waals surface area contributed by atoms with Crippen molar-refractivity contribution in [1.29, 1.82) is 0 Å². The molecule has 11 nitrogen and oxygen atoms in total. The van der Waals surface area contributed by atoms with Crippen LogP contribution in [0, 0.1) is 22.0 Å². The number of carbonyl (C=O) groups excluding carboxylic acids is 1. The molecule has 3 heterocycles. The topological polar surface area (TPSA) is 128 Å². The number of carbonyl (C=O) groups is 1. The fourth-order valence-corrected chi connectivity index (χ4v) is 11.5. The molecule has 0 aromatic heterocycles. The number of hydrogen-bond acceptors (Lipinski definition) is 10. The molecule has 4 aromatic rings. The number of hydrogen-bond donors (Lipinski definition) is 2. The first-order chi connectivity index (χ1) is 29.1. The number of fused-ring (bicyclic) bond motifs is 2. The molecule has 1 amide bonds. The summed E-state index contributed by atoms with van der Waals surface area (Å²) in [4.78, 5) is 33.1. The maximum Gasteiger partial charge on any atom is 0.293 e. The van der Waals surface area contributed by atoms with Gasteiger partial charge in [-0.15, -0.1) is 11.8 Å². The van der Waals surface area contributed by atoms with E-state index in [-0.39, 0.29) is 27.9 Å². The Morgan fingerprint density at radius 1 is 0.900 bits per heavy atom. The van der Waals surface area contributed by atoms with Crippen LogP contribution in [0.25, 0.3) is 5.57 Å². The van der Waals surface area contributed by atoms with E-state index in [2.05, 4.69) is 36.9 Å². The van der Waals surface area contributed by atoms with Crippen molar-refractivity contribution < 1.29 is 18.1 Å². The number of halogens is 1. The molecule has 2 bridgehead atoms. The van der Waals surface area contributed by atoms with Crippen molar-refractivity contribution in [2.75, 3.05) is 68.3 Å². The molecule has 2 unspecified atom stereocenters. The Kier molecular flexibility index (Phi) is 13.5. The van der Waals surface area contributed by atoms with Crippen LogP contribution in [0.4, 0.5) is 17.1 Å². The maximum atomic E-state index is 13.5. The summed E-state index contributed by atoms with van der Waals surface area (Å²) in [7, 11) is -4.42. The Labute approximate surface area is 362 Å². The van der Waals surface area contributed by atoms with Crippen molar-refractivity contribution in [2.45, 2.75) is 60.8 Å². The lowest BCUT2D eigenvalue weighted by molar-refractivity contribution is -0.384. The molecule has 3 aliphatic heterocycles. The summed E-state index contributed by atoms with van der Waals surface area (Å²) in [6.45, 7) is 7.88. The van der Waals surface area contributed by atoms with Gasteiger partial charge in [0.25, 0.3) is 21.6 Å². The van der Waals surface area contributed by atoms with E-state index < -0.39 is 20.9 Å². The quantitative estimate of drug-likeness (QED) is 0.0641. The number of piperidine rings is 1. The molecule has 0 spiro atoms. The minimum absolute atomic E-state index is 0.0785. The highest BCUT2D eigenvalue weighted by Crippen LogP contribution is 2.38. The van der Waals surface area contributed by atoms with E-state index in [9.17, 15) is 23.3 Å². The average molecular weight is 870 g/mol. The number of nitrogens with zero attached hydrogens (tertiary/aromatic N) is 4. The highest BCUT2D eigenvalue weighted by Gasteiger charge is 2.38. The van der Waals surface area contributed by atoms with E-state index in [1.165, 1.54) is 54.6 Å². The van der Waals surface area contributed by atoms with Gasteiger partial charge in [-0.1, -0.05) is 47.5 Å². The van der Waals surface area contributed by atoms with Gasteiger partial charge >= 0.3 is 0 Å². The van der Waals surface area contributed by atoms with Crippen molar-refractivity contribution in [1.82, 2.24) is 14.5 Å². The summed E-state index contributed by atoms with van der Waals surface area (Å²) in [5, 5.41) is 16.5. The molecule has 8 rings (SSSR count). The zero-order chi connectivity index (χ0) is 41.6. The molecule has 4 atom stereocenters. The van der Waals surface area contributed by atoms with E-state index >= 15 is 0 Å². The van der Waals surface area contributed by atoms with E-state index in [1.54, 1.807) is 23.9 Å². The SMILES string of the molecule is O=C(NS(=O)(=O)c1ccc(N[C@H](CCC2CN3CC[C@@H]2C3)CSc2ccccc2)c([N+](=O)[O-])c1)c1ccc(N2CCN(CC3=C(c4ccc(Cl)cc4)CCCC3)CC2)cc1. The Balaban J connectivity index is 0.877. The molecule has 0 radical (unpaired) electrons. The fourth-order valence-electron chi connectivity index (χ4n) is 9.36. The van der Waals surface area contributed by atoms with Crippen LogP contribution in [0.2, 0.25) is 5.02 Å². The highest BCUT2D eigenvalue weighted by atomic mass is 35.5. The third-order valence-corrected chi connectivity index (χ3v) is 15.4. The van der Waals surface area contributed by atoms with Crippen LogP contribution in [0.3, 0.4) is 0 Å². The predicted octanol–water partition coefficient (Wildman–Crippen LogP) is 8.82. The van der Waals surface area contributed by atoms with Gasteiger partial charge in [0, 0.05) is 84.8 Å². The third kappa shape index (κ3) is 10.4. The summed E-state index contributed by atoms with van der Waals surface area (Å²) < 4.78 is 29.1. The van der Waals surface area contributed by atoms with E-state index in [0.29, 0.717) is 17.6 Å². The van der Waals surface area contributed by atoms with Crippen molar-refractivity contribution in [3.05, 3.63) is 129 Å². The molecular weight excluding hydrogens is 816 g/mol. The molecular formula is C46H53ClN6O5S2. The van der Waals surface area contributed by atoms with Crippen molar-refractivity contribution in [2.24, 2.45) is 11.8 Å². The van der Waals surface area contributed by atoms with Crippen molar-refractivity contribution in [3.63, 3.8) is 0 Å². The fraction of sp³-hybridized carbons (Fsp3) is 0.413. The number of rotatable bonds is 16. The normalized spacial score (nSPS) is 21.2. The molecule has 14 heteroatoms. The minimum atomic E-state index is -4.42. The monoisotopic (exact) mass is 868 g/mol. The molecule has 60 heavy (non-hydrogen) atoms. The number of anilines is 2. The van der Waals surface area contributed by atoms with Crippen LogP contribution in [0.5, 0.6) is 0 Å². The summed E-state index contributed by atoms with van der Waals surface area (Å²) in [5.41, 5.74) is 5.28. The lowest BCUT2D eigenvalue weighted by Crippen LogP contribution is -2.47. The largest absolute Gasteiger partial charge is 0.376 e. The van der Waals surface area contributed by atoms with Gasteiger partial charge in [0.1, 0.15) is 5.69 Å². The van der Waals surface area contributed by atoms with Crippen LogP contribution < -0.4 is 14.9 Å². The average Bonchev–Trinajstić information content (AvgIpc) is 3.90. The van der Waals surface area contributed by atoms with Gasteiger partial charge in [-0.2, -0.15) is 0 Å². The zero-order valence-electron chi connectivity index (χ0n) is 33.8. The second-order valence-electron chi connectivity index (χ2n) is 16.6. The Morgan fingerprint density at radius 3 is 2.35 bits per heavy atom. The molecule has 3 saturated heterocycles. The lowest BCUT2D eigenvalue weighted by Gasteiger charge is -2.37. The maximum absolute atomic E-state index is 13.5. The van der Waals surface area contributed by atoms with Crippen LogP contribution in [-0.4, -0.2) is 93.2 Å². The summed E-state index contributed by atoms with van der Waals surface area (Å²) >= 11 is 7.85. The van der Waals surface area contributed by atoms with Gasteiger partial charge in [-0.3, -0.25) is 19.8 Å². The van der Waals surface area contributed by atoms with E-state index in [4.69, 9.17) is 11.6 Å². The number of nitro benzene ring substituents is 1. The Hall–Kier alpha value is -4.40. The number of sulfonamides is 1. The number of allylic oxidation sites excluding steroid dienone is 1. The minimum Gasteiger partial charge on any atom is -0.376 e. The van der Waals surface area contributed by atoms with Gasteiger partial charge in [0.15, 0.2) is 0 Å². The predicted molar refractivity (Wildman–Crippen MR) is 242 cm³/mol. The Bertz CT molecular complexity index is 2290. The van der Waals surface area contributed by atoms with Crippen molar-refractivity contribution in [3.8, 4) is 0 Å². The van der Waals surface area contributed by atoms with E-state index in [1.807, 2.05) is 54.6 Å². The third-order valence-electron chi connectivity index (χ3n) is 12.7. The van der Waals surface area contributed by atoms with Crippen molar-refractivity contribution >= 4 is 61.9 Å². The number of nitro groups is 1. The first-order valence-electron chi connectivity index (χ1n) is 21.1. The number of nitrogens with one attached hydrogen (secondary N) is 2. The highest BCUT2D eigenvalue weighted by molar-refractivity contribution is 7.99. The number of benzene rings is 4. The summed E-state index contributed by atoms with van der Waals surface area (Å²) in [5.74, 6) is 1.22. The second kappa shape index (κ2) is 19.1. The second-order valence-corrected chi connectivity index (χ2v) is 19.8. The molecule has 2 N–H and O–H groups in total. The van der Waals surface area contributed by atoms with Gasteiger partial charge in [0.2, 0.25) is 0 Å². The number of amides is 1. The molecule has 4 aliphatic rings. The Morgan fingerprint density at radius 2 is 1.65 bits per heavy atom. The summed E-state index contributed by atoms with van der Waals surface area (Å²) in [6, 6.07) is 28.9. The number of thioether (sulfide) groups is 1. The first kappa shape index (κ1) is 42.3. The molecule has 0 saturated carbocycles. The molecule has 316 valence electrons. The van der Waals surface area contributed by atoms with Crippen LogP contribution >= 0.6 is 23.4 Å². The molecule has 3 fully saturated rings. The zero-order valence-corrected chi connectivity index (χ0v) is 36.2. The van der Waals surface area contributed by atoms with Crippen LogP contribution in [0.1, 0.15) is 60.9 Å². The van der Waals surface area contributed by atoms with Gasteiger partial charge in [0.05, 0.1) is 9.82 Å². The smallest absolute Gasteiger partial charge is 0.293 e. The first-order valence-corrected chi connectivity index (χ1v) is 24.0. The van der Waals surface area contributed by atoms with Crippen LogP contribution in [-0.2, 0) is 10.0 Å². The standard InChI is InChI=1S/C46H53ClN6O5S2/c47-38-15-10-33(11-16-38)43-9-5-4-6-37(43)31-50-24-26-52(27-25-50)40-18-13-34(14-19-40)46(54)49-60(57,58)42-20-21-44(45(28-42)53(55)56)48-39(32-59-41-7-2-1-3-8-41)17-12-35-29-51-23-22-36(35)30-51/h1-3,7-8,10-11,13-16,18-21,28,35-36,39,48H,4-6,9,12,17,22-27,29-32H2,(H,49,54)/t35?,36-,39-/m1/s1. The van der Waals surface area contributed by atoms with E-state index in [0.717, 1.165) is 93.2 Å². The van der Waals surface area contributed by atoms with Gasteiger partial charge < -0.3 is 15.1 Å². The van der Waals surface area contributed by atoms with Crippen LogP contribution in [0.15, 0.2) is 112 Å². The lowest BCUT2D eigenvalue weighted by atomic mass is 9.87. The summed E-state index contributed by atoms with van der Waals surface area (Å²) in [6.07, 6.45) is 7.72. The van der Waals surface area contributed by atoms with Gasteiger partial charge in [-0.05, 0) is 135 Å². The molecule has 4 aromatic carbocycles. The van der Waals surface area contributed by atoms with Gasteiger partial charge in [-0.25, -0.2) is 13.1 Å².